The highest BCUT2D eigenvalue weighted by molar-refractivity contribution is 5.95. The van der Waals surface area contributed by atoms with Crippen molar-refractivity contribution in [1.82, 2.24) is 14.7 Å². The van der Waals surface area contributed by atoms with Crippen molar-refractivity contribution in [2.45, 2.75) is 45.1 Å². The maximum absolute atomic E-state index is 13.0. The Morgan fingerprint density at radius 3 is 2.64 bits per heavy atom. The molecule has 1 N–H and O–H groups in total. The summed E-state index contributed by atoms with van der Waals surface area (Å²) in [6.07, 6.45) is 5.65. The molecule has 132 valence electrons. The molecular formula is C19H23N3O3. The van der Waals surface area contributed by atoms with Crippen LogP contribution in [0.5, 0.6) is 0 Å². The zero-order chi connectivity index (χ0) is 17.8. The van der Waals surface area contributed by atoms with E-state index < -0.39 is 0 Å². The number of hydrogen-bond donors (Lipinski definition) is 1. The second-order valence-corrected chi connectivity index (χ2v) is 6.42. The van der Waals surface area contributed by atoms with Crippen LogP contribution in [0, 0.1) is 0 Å². The van der Waals surface area contributed by atoms with Crippen LogP contribution < -0.4 is 11.1 Å². The predicted molar refractivity (Wildman–Crippen MR) is 96.2 cm³/mol. The van der Waals surface area contributed by atoms with Gasteiger partial charge in [0.1, 0.15) is 0 Å². The molecule has 1 aliphatic carbocycles. The van der Waals surface area contributed by atoms with Crippen molar-refractivity contribution in [1.29, 1.82) is 0 Å². The smallest absolute Gasteiger partial charge is 0.269 e. The molecule has 1 heterocycles. The molecule has 1 aromatic heterocycles. The maximum atomic E-state index is 13.0. The number of nitrogens with zero attached hydrogens (tertiary/aromatic N) is 2. The number of carbonyl (C=O) groups is 1. The molecule has 0 bridgehead atoms. The Labute approximate surface area is 146 Å². The van der Waals surface area contributed by atoms with Crippen molar-refractivity contribution in [3.63, 3.8) is 0 Å². The van der Waals surface area contributed by atoms with E-state index in [4.69, 9.17) is 0 Å². The summed E-state index contributed by atoms with van der Waals surface area (Å²) in [5.74, 6) is -0.0254. The predicted octanol–water partition coefficient (Wildman–Crippen LogP) is 2.32. The second-order valence-electron chi connectivity index (χ2n) is 6.42. The van der Waals surface area contributed by atoms with E-state index in [1.54, 1.807) is 24.3 Å². The van der Waals surface area contributed by atoms with Crippen molar-refractivity contribution in [2.75, 3.05) is 6.54 Å². The van der Waals surface area contributed by atoms with Gasteiger partial charge in [-0.3, -0.25) is 19.5 Å². The van der Waals surface area contributed by atoms with E-state index in [1.807, 2.05) is 11.8 Å². The molecule has 3 rings (SSSR count). The summed E-state index contributed by atoms with van der Waals surface area (Å²) < 4.78 is 1.16. The first-order chi connectivity index (χ1) is 12.1. The first-order valence-electron chi connectivity index (χ1n) is 8.84. The van der Waals surface area contributed by atoms with E-state index >= 15 is 0 Å². The molecule has 0 aliphatic heterocycles. The van der Waals surface area contributed by atoms with Crippen LogP contribution >= 0.6 is 0 Å². The topological polar surface area (TPSA) is 75.2 Å². The lowest BCUT2D eigenvalue weighted by Crippen LogP contribution is -2.41. The van der Waals surface area contributed by atoms with Gasteiger partial charge in [-0.15, -0.1) is 0 Å². The minimum absolute atomic E-state index is 0.0254. The average Bonchev–Trinajstić information content (AvgIpc) is 2.65. The van der Waals surface area contributed by atoms with Crippen LogP contribution in [0.2, 0.25) is 0 Å². The number of aromatic amines is 1. The summed E-state index contributed by atoms with van der Waals surface area (Å²) in [4.78, 5) is 38.4. The van der Waals surface area contributed by atoms with Crippen molar-refractivity contribution < 1.29 is 4.79 Å². The fourth-order valence-electron chi connectivity index (χ4n) is 3.52. The monoisotopic (exact) mass is 341 g/mol. The lowest BCUT2D eigenvalue weighted by molar-refractivity contribution is 0.0648. The van der Waals surface area contributed by atoms with E-state index in [1.165, 1.54) is 18.6 Å². The first-order valence-corrected chi connectivity index (χ1v) is 8.84. The molecule has 1 amide bonds. The lowest BCUT2D eigenvalue weighted by Gasteiger charge is -2.33. The van der Waals surface area contributed by atoms with Crippen LogP contribution in [0.15, 0.2) is 46.0 Å². The van der Waals surface area contributed by atoms with Crippen LogP contribution in [0.3, 0.4) is 0 Å². The maximum Gasteiger partial charge on any atom is 0.269 e. The van der Waals surface area contributed by atoms with E-state index in [9.17, 15) is 14.4 Å². The Morgan fingerprint density at radius 1 is 1.16 bits per heavy atom. The minimum atomic E-state index is -0.367. The van der Waals surface area contributed by atoms with Gasteiger partial charge >= 0.3 is 0 Å². The van der Waals surface area contributed by atoms with Gasteiger partial charge in [-0.25, -0.2) is 4.68 Å². The molecule has 1 aromatic carbocycles. The van der Waals surface area contributed by atoms with E-state index in [0.29, 0.717) is 17.8 Å². The number of amides is 1. The number of benzene rings is 1. The third-order valence-electron chi connectivity index (χ3n) is 4.79. The first kappa shape index (κ1) is 17.2. The van der Waals surface area contributed by atoms with Gasteiger partial charge in [0.25, 0.3) is 17.0 Å². The van der Waals surface area contributed by atoms with Crippen molar-refractivity contribution >= 4 is 5.91 Å². The lowest BCUT2D eigenvalue weighted by atomic mass is 9.93. The molecule has 0 radical (unpaired) electrons. The summed E-state index contributed by atoms with van der Waals surface area (Å²) >= 11 is 0. The Balaban J connectivity index is 1.92. The van der Waals surface area contributed by atoms with E-state index in [0.717, 1.165) is 30.4 Å². The van der Waals surface area contributed by atoms with Gasteiger partial charge in [-0.05, 0) is 38.0 Å². The fourth-order valence-corrected chi connectivity index (χ4v) is 3.52. The second kappa shape index (κ2) is 7.51. The molecule has 1 fully saturated rings. The van der Waals surface area contributed by atoms with Crippen molar-refractivity contribution in [2.24, 2.45) is 0 Å². The minimum Gasteiger partial charge on any atom is -0.336 e. The third kappa shape index (κ3) is 3.73. The molecule has 0 saturated heterocycles. The summed E-state index contributed by atoms with van der Waals surface area (Å²) in [6, 6.07) is 9.53. The molecule has 2 aromatic rings. The molecule has 6 heteroatoms. The molecule has 1 aliphatic rings. The van der Waals surface area contributed by atoms with Crippen molar-refractivity contribution in [3.8, 4) is 5.69 Å². The number of nitrogens with one attached hydrogen (secondary N) is 1. The Bertz CT molecular complexity index is 862. The summed E-state index contributed by atoms with van der Waals surface area (Å²) in [6.45, 7) is 2.66. The van der Waals surface area contributed by atoms with Gasteiger partial charge in [-0.1, -0.05) is 25.3 Å². The molecule has 6 nitrogen and oxygen atoms in total. The fraction of sp³-hybridized carbons (Fsp3) is 0.421. The average molecular weight is 341 g/mol. The molecule has 0 unspecified atom stereocenters. The SMILES string of the molecule is CCN(C(=O)c1cccc(-n2[nH]c(=O)ccc2=O)c1)C1CCCCC1. The molecule has 1 saturated carbocycles. The Kier molecular flexibility index (Phi) is 5.16. The van der Waals surface area contributed by atoms with Crippen LogP contribution in [-0.2, 0) is 0 Å². The summed E-state index contributed by atoms with van der Waals surface area (Å²) in [7, 11) is 0. The van der Waals surface area contributed by atoms with Crippen LogP contribution in [0.4, 0.5) is 0 Å². The largest absolute Gasteiger partial charge is 0.336 e. The van der Waals surface area contributed by atoms with Crippen LogP contribution in [0.25, 0.3) is 5.69 Å². The number of hydrogen-bond acceptors (Lipinski definition) is 3. The molecule has 0 spiro atoms. The highest BCUT2D eigenvalue weighted by Crippen LogP contribution is 2.24. The van der Waals surface area contributed by atoms with Gasteiger partial charge in [0, 0.05) is 30.3 Å². The third-order valence-corrected chi connectivity index (χ3v) is 4.79. The quantitative estimate of drug-likeness (QED) is 0.927. The highest BCUT2D eigenvalue weighted by Gasteiger charge is 2.25. The zero-order valence-electron chi connectivity index (χ0n) is 14.4. The molecular weight excluding hydrogens is 318 g/mol. The number of aromatic nitrogens is 2. The normalized spacial score (nSPS) is 15.1. The van der Waals surface area contributed by atoms with Gasteiger partial charge in [0.15, 0.2) is 0 Å². The zero-order valence-corrected chi connectivity index (χ0v) is 14.4. The summed E-state index contributed by atoms with van der Waals surface area (Å²) in [5, 5.41) is 2.49. The Morgan fingerprint density at radius 2 is 1.92 bits per heavy atom. The van der Waals surface area contributed by atoms with Gasteiger partial charge < -0.3 is 4.90 Å². The van der Waals surface area contributed by atoms with Crippen LogP contribution in [-0.4, -0.2) is 33.2 Å². The highest BCUT2D eigenvalue weighted by atomic mass is 16.2. The van der Waals surface area contributed by atoms with Gasteiger partial charge in [-0.2, -0.15) is 0 Å². The van der Waals surface area contributed by atoms with Crippen molar-refractivity contribution in [3.05, 3.63) is 62.7 Å². The van der Waals surface area contributed by atoms with E-state index in [2.05, 4.69) is 5.10 Å². The standard InChI is InChI=1S/C19H23N3O3/c1-2-21(15-8-4-3-5-9-15)19(25)14-7-6-10-16(13-14)22-18(24)12-11-17(23)20-22/h6-7,10-13,15H,2-5,8-9H2,1H3,(H,20,23). The Hall–Kier alpha value is -2.63. The van der Waals surface area contributed by atoms with Crippen LogP contribution in [0.1, 0.15) is 49.4 Å². The molecule has 0 atom stereocenters. The number of rotatable bonds is 4. The number of H-pyrrole nitrogens is 1. The number of carbonyl (C=O) groups excluding carboxylic acids is 1. The van der Waals surface area contributed by atoms with Gasteiger partial charge in [0.05, 0.1) is 5.69 Å². The van der Waals surface area contributed by atoms with E-state index in [-0.39, 0.29) is 23.1 Å². The summed E-state index contributed by atoms with van der Waals surface area (Å²) in [5.41, 5.74) is 0.298. The molecule has 25 heavy (non-hydrogen) atoms. The van der Waals surface area contributed by atoms with Gasteiger partial charge in [0.2, 0.25) is 0 Å².